The van der Waals surface area contributed by atoms with Crippen molar-refractivity contribution in [2.75, 3.05) is 86.1 Å². The highest BCUT2D eigenvalue weighted by atomic mass is 16.7. The second kappa shape index (κ2) is 63.7. The van der Waals surface area contributed by atoms with Gasteiger partial charge in [-0.05, 0) is 103 Å². The van der Waals surface area contributed by atoms with E-state index >= 15 is 0 Å². The summed E-state index contributed by atoms with van der Waals surface area (Å²) in [7, 11) is 2.06. The van der Waals surface area contributed by atoms with Crippen molar-refractivity contribution in [3.8, 4) is 0 Å². The van der Waals surface area contributed by atoms with E-state index in [4.69, 9.17) is 33.2 Å². The van der Waals surface area contributed by atoms with E-state index < -0.39 is 5.92 Å². The van der Waals surface area contributed by atoms with E-state index in [1.165, 1.54) is 212 Å². The van der Waals surface area contributed by atoms with Crippen molar-refractivity contribution in [2.24, 2.45) is 5.92 Å². The van der Waals surface area contributed by atoms with Gasteiger partial charge in [-0.3, -0.25) is 19.3 Å². The number of aliphatic hydroxyl groups is 1. The maximum atomic E-state index is 13.2. The molecule has 0 saturated heterocycles. The number of hydrogen-bond donors (Lipinski definition) is 1. The van der Waals surface area contributed by atoms with Gasteiger partial charge >= 0.3 is 17.9 Å². The fourth-order valence-corrected chi connectivity index (χ4v) is 11.5. The molecule has 1 fully saturated rings. The fourth-order valence-electron chi connectivity index (χ4n) is 11.5. The van der Waals surface area contributed by atoms with E-state index in [1.807, 2.05) is 0 Å². The van der Waals surface area contributed by atoms with Crippen molar-refractivity contribution in [1.29, 1.82) is 0 Å². The van der Waals surface area contributed by atoms with E-state index in [0.29, 0.717) is 64.7 Å². The van der Waals surface area contributed by atoms with Crippen LogP contribution in [0.3, 0.4) is 0 Å². The molecule has 0 aromatic carbocycles. The molecule has 0 unspecified atom stereocenters. The molecule has 13 nitrogen and oxygen atoms in total. The largest absolute Gasteiger partial charge is 0.465 e. The molecule has 1 aliphatic carbocycles. The molecular weight excluding hydrogens is 1070 g/mol. The fraction of sp³-hybridized carbons (Fsp3) is 0.958. The summed E-state index contributed by atoms with van der Waals surface area (Å²) >= 11 is 0. The zero-order valence-corrected chi connectivity index (χ0v) is 56.7. The van der Waals surface area contributed by atoms with Crippen LogP contribution in [0.15, 0.2) is 0 Å². The van der Waals surface area contributed by atoms with Crippen molar-refractivity contribution in [3.05, 3.63) is 0 Å². The first-order valence-corrected chi connectivity index (χ1v) is 36.7. The van der Waals surface area contributed by atoms with E-state index in [1.54, 1.807) is 0 Å². The second-order valence-electron chi connectivity index (χ2n) is 25.5. The third-order valence-electron chi connectivity index (χ3n) is 17.2. The Bertz CT molecular complexity index is 1300. The van der Waals surface area contributed by atoms with Crippen LogP contribution in [0.25, 0.3) is 0 Å². The number of unbranched alkanes of at least 4 members (excludes halogenated alkanes) is 31. The topological polar surface area (TPSA) is 143 Å². The summed E-state index contributed by atoms with van der Waals surface area (Å²) in [4.78, 5) is 44.5. The molecule has 0 aliphatic heterocycles. The number of carbonyl (C=O) groups excluding carboxylic acids is 3. The van der Waals surface area contributed by atoms with Crippen molar-refractivity contribution in [1.82, 2.24) is 9.80 Å². The average Bonchev–Trinajstić information content (AvgIpc) is 3.60. The molecule has 1 saturated carbocycles. The van der Waals surface area contributed by atoms with Crippen molar-refractivity contribution >= 4 is 17.9 Å². The summed E-state index contributed by atoms with van der Waals surface area (Å²) in [6.07, 6.45) is 52.6. The first-order chi connectivity index (χ1) is 41.8. The van der Waals surface area contributed by atoms with Gasteiger partial charge in [-0.2, -0.15) is 0 Å². The zero-order chi connectivity index (χ0) is 61.6. The average molecular weight is 1210 g/mol. The summed E-state index contributed by atoms with van der Waals surface area (Å²) in [6.45, 7) is 15.4. The molecule has 13 heteroatoms. The van der Waals surface area contributed by atoms with Gasteiger partial charge < -0.3 is 43.2 Å². The van der Waals surface area contributed by atoms with Crippen LogP contribution >= 0.6 is 0 Å². The Morgan fingerprint density at radius 1 is 0.376 bits per heavy atom. The Balaban J connectivity index is 2.82. The number of carbonyl (C=O) groups is 3. The molecule has 0 radical (unpaired) electrons. The number of nitrogens with zero attached hydrogens (tertiary/aromatic N) is 2. The number of esters is 3. The van der Waals surface area contributed by atoms with Gasteiger partial charge in [0.05, 0.1) is 12.5 Å². The minimum atomic E-state index is -0.479. The van der Waals surface area contributed by atoms with Gasteiger partial charge in [0.25, 0.3) is 0 Å². The molecular formula is C72H140N2O11. The normalized spacial score (nSPS) is 13.2. The standard InChI is InChI=1S/C72H140N2O11/c1-6-10-14-18-22-26-30-43-59-79-71(80-60-44-31-27-23-19-15-11-7-2)52-39-37-49-68(76)83-63-66(65-85-70(78)51-41-42-54-74(56-55-73(5)57-58-75)67-47-35-34-36-48-67)64-84-69(77)50-38-40-53-72(81-61-45-32-28-24-20-16-12-8-3)82-62-46-33-29-25-21-17-13-9-4/h66-67,71-72,75H,6-65H2,1-5H3. The molecule has 0 spiro atoms. The summed E-state index contributed by atoms with van der Waals surface area (Å²) in [6, 6.07) is 0.571. The number of likely N-dealkylation sites (N-methyl/N-ethyl adjacent to an activating group) is 1. The van der Waals surface area contributed by atoms with Gasteiger partial charge in [-0.15, -0.1) is 0 Å². The second-order valence-corrected chi connectivity index (χ2v) is 25.5. The predicted molar refractivity (Wildman–Crippen MR) is 352 cm³/mol. The molecule has 85 heavy (non-hydrogen) atoms. The smallest absolute Gasteiger partial charge is 0.305 e. The Labute approximate surface area is 524 Å². The summed E-state index contributed by atoms with van der Waals surface area (Å²) in [5.41, 5.74) is 0. The summed E-state index contributed by atoms with van der Waals surface area (Å²) in [5.74, 6) is -1.39. The van der Waals surface area contributed by atoms with Gasteiger partial charge in [-0.25, -0.2) is 0 Å². The molecule has 1 N–H and O–H groups in total. The van der Waals surface area contributed by atoms with E-state index in [0.717, 1.165) is 77.4 Å². The summed E-state index contributed by atoms with van der Waals surface area (Å²) in [5, 5.41) is 9.43. The van der Waals surface area contributed by atoms with Gasteiger partial charge in [-0.1, -0.05) is 227 Å². The Morgan fingerprint density at radius 3 is 1.02 bits per heavy atom. The van der Waals surface area contributed by atoms with Crippen LogP contribution in [0.5, 0.6) is 0 Å². The Hall–Kier alpha value is -1.87. The highest BCUT2D eigenvalue weighted by molar-refractivity contribution is 5.70. The van der Waals surface area contributed by atoms with Gasteiger partial charge in [0.1, 0.15) is 19.8 Å². The third-order valence-corrected chi connectivity index (χ3v) is 17.2. The number of rotatable bonds is 67. The van der Waals surface area contributed by atoms with Crippen molar-refractivity contribution in [3.63, 3.8) is 0 Å². The first-order valence-electron chi connectivity index (χ1n) is 36.7. The number of ether oxygens (including phenoxy) is 7. The predicted octanol–water partition coefficient (Wildman–Crippen LogP) is 18.4. The van der Waals surface area contributed by atoms with Crippen molar-refractivity contribution < 1.29 is 52.6 Å². The van der Waals surface area contributed by atoms with E-state index in [9.17, 15) is 19.5 Å². The quantitative estimate of drug-likeness (QED) is 0.0267. The van der Waals surface area contributed by atoms with Crippen LogP contribution in [0.1, 0.15) is 336 Å². The molecule has 0 bridgehead atoms. The van der Waals surface area contributed by atoms with Gasteiger partial charge in [0.2, 0.25) is 0 Å². The lowest BCUT2D eigenvalue weighted by Crippen LogP contribution is -2.42. The molecule has 504 valence electrons. The Kier molecular flexibility index (Phi) is 60.8. The molecule has 1 aliphatic rings. The van der Waals surface area contributed by atoms with Crippen LogP contribution in [-0.4, -0.2) is 138 Å². The lowest BCUT2D eigenvalue weighted by Gasteiger charge is -2.35. The minimum Gasteiger partial charge on any atom is -0.465 e. The van der Waals surface area contributed by atoms with Crippen LogP contribution in [-0.2, 0) is 47.5 Å². The monoisotopic (exact) mass is 1210 g/mol. The highest BCUT2D eigenvalue weighted by Gasteiger charge is 2.23. The van der Waals surface area contributed by atoms with Crippen LogP contribution in [0, 0.1) is 5.92 Å². The highest BCUT2D eigenvalue weighted by Crippen LogP contribution is 2.24. The zero-order valence-electron chi connectivity index (χ0n) is 56.7. The van der Waals surface area contributed by atoms with Crippen LogP contribution < -0.4 is 0 Å². The van der Waals surface area contributed by atoms with Crippen LogP contribution in [0.2, 0.25) is 0 Å². The maximum Gasteiger partial charge on any atom is 0.305 e. The van der Waals surface area contributed by atoms with Crippen LogP contribution in [0.4, 0.5) is 0 Å². The minimum absolute atomic E-state index is 0.000592. The van der Waals surface area contributed by atoms with Crippen molar-refractivity contribution in [2.45, 2.75) is 355 Å². The van der Waals surface area contributed by atoms with E-state index in [2.05, 4.69) is 44.5 Å². The number of hydrogen-bond acceptors (Lipinski definition) is 13. The molecule has 0 amide bonds. The van der Waals surface area contributed by atoms with Gasteiger partial charge in [0.15, 0.2) is 12.6 Å². The molecule has 0 atom stereocenters. The third kappa shape index (κ3) is 54.8. The Morgan fingerprint density at radius 2 is 0.694 bits per heavy atom. The van der Waals surface area contributed by atoms with Gasteiger partial charge in [0, 0.05) is 71.4 Å². The summed E-state index contributed by atoms with van der Waals surface area (Å²) < 4.78 is 42.6. The lowest BCUT2D eigenvalue weighted by atomic mass is 9.94. The number of aliphatic hydroxyl groups excluding tert-OH is 1. The molecule has 1 rings (SSSR count). The van der Waals surface area contributed by atoms with E-state index in [-0.39, 0.29) is 69.8 Å². The maximum absolute atomic E-state index is 13.2. The first kappa shape index (κ1) is 81.1. The molecule has 0 aromatic heterocycles. The SMILES string of the molecule is CCCCCCCCCCOC(CCCCC(=O)OCC(COC(=O)CCCCC(OCCCCCCCCCC)OCCCCCCCCCC)COC(=O)CCCCN(CCN(C)CCO)C1CCCCC1)OCCCCCCCCCC. The molecule has 0 heterocycles. The lowest BCUT2D eigenvalue weighted by molar-refractivity contribution is -0.155. The molecule has 0 aromatic rings.